The maximum absolute atomic E-state index is 11.3. The van der Waals surface area contributed by atoms with Crippen molar-refractivity contribution in [3.8, 4) is 11.5 Å². The molecule has 0 heterocycles. The maximum atomic E-state index is 11.3. The van der Waals surface area contributed by atoms with Crippen LogP contribution < -0.4 is 9.47 Å². The van der Waals surface area contributed by atoms with Gasteiger partial charge < -0.3 is 9.47 Å². The van der Waals surface area contributed by atoms with Gasteiger partial charge in [0, 0.05) is 5.92 Å². The van der Waals surface area contributed by atoms with Crippen molar-refractivity contribution in [2.75, 3.05) is 14.2 Å². The average Bonchev–Trinajstić information content (AvgIpc) is 2.55. The molecule has 2 aromatic carbocycles. The van der Waals surface area contributed by atoms with E-state index >= 15 is 0 Å². The molecule has 3 nitrogen and oxygen atoms in total. The summed E-state index contributed by atoms with van der Waals surface area (Å²) in [4.78, 5) is 11.3. The van der Waals surface area contributed by atoms with Crippen LogP contribution in [0.4, 0.5) is 0 Å². The minimum Gasteiger partial charge on any atom is -0.493 e. The van der Waals surface area contributed by atoms with Crippen LogP contribution in [0.2, 0.25) is 0 Å². The van der Waals surface area contributed by atoms with E-state index in [2.05, 4.69) is 6.58 Å². The number of hydrogen-bond donors (Lipinski definition) is 0. The molecule has 0 fully saturated rings. The van der Waals surface area contributed by atoms with E-state index in [-0.39, 0.29) is 5.92 Å². The Balaban J connectivity index is 2.60. The highest BCUT2D eigenvalue weighted by molar-refractivity contribution is 5.77. The zero-order valence-electron chi connectivity index (χ0n) is 13.1. The third-order valence-electron chi connectivity index (χ3n) is 3.68. The van der Waals surface area contributed by atoms with E-state index in [1.165, 1.54) is 0 Å². The second-order valence-electron chi connectivity index (χ2n) is 5.11. The lowest BCUT2D eigenvalue weighted by Crippen LogP contribution is -2.06. The van der Waals surface area contributed by atoms with E-state index in [1.54, 1.807) is 14.2 Å². The van der Waals surface area contributed by atoms with Crippen molar-refractivity contribution in [2.24, 2.45) is 0 Å². The van der Waals surface area contributed by atoms with Crippen LogP contribution in [0, 0.1) is 6.92 Å². The third-order valence-corrected chi connectivity index (χ3v) is 3.68. The Morgan fingerprint density at radius 1 is 1.09 bits per heavy atom. The number of carbonyl (C=O) groups excluding carboxylic acids is 1. The van der Waals surface area contributed by atoms with E-state index in [1.807, 2.05) is 49.4 Å². The smallest absolute Gasteiger partial charge is 0.163 e. The molecule has 0 unspecified atom stereocenters. The lowest BCUT2D eigenvalue weighted by Gasteiger charge is -2.20. The summed E-state index contributed by atoms with van der Waals surface area (Å²) in [6, 6.07) is 13.7. The van der Waals surface area contributed by atoms with E-state index in [0.29, 0.717) is 17.1 Å². The summed E-state index contributed by atoms with van der Waals surface area (Å²) >= 11 is 0. The van der Waals surface area contributed by atoms with Crippen LogP contribution in [0.15, 0.2) is 54.6 Å². The molecule has 0 aliphatic rings. The topological polar surface area (TPSA) is 35.5 Å². The molecule has 0 aliphatic heterocycles. The molecule has 2 rings (SSSR count). The summed E-state index contributed by atoms with van der Waals surface area (Å²) in [5, 5.41) is 0. The fourth-order valence-corrected chi connectivity index (χ4v) is 2.68. The number of hydrogen-bond acceptors (Lipinski definition) is 3. The summed E-state index contributed by atoms with van der Waals surface area (Å²) in [7, 11) is 3.22. The van der Waals surface area contributed by atoms with Crippen molar-refractivity contribution >= 4 is 6.29 Å². The Morgan fingerprint density at radius 2 is 1.77 bits per heavy atom. The van der Waals surface area contributed by atoms with Crippen LogP contribution >= 0.6 is 0 Å². The highest BCUT2D eigenvalue weighted by Crippen LogP contribution is 2.38. The van der Waals surface area contributed by atoms with E-state index in [0.717, 1.165) is 23.0 Å². The van der Waals surface area contributed by atoms with E-state index < -0.39 is 0 Å². The normalized spacial score (nSPS) is 11.6. The van der Waals surface area contributed by atoms with E-state index in [4.69, 9.17) is 9.47 Å². The number of carbonyl (C=O) groups is 1. The highest BCUT2D eigenvalue weighted by atomic mass is 16.5. The molecule has 22 heavy (non-hydrogen) atoms. The number of aldehydes is 1. The van der Waals surface area contributed by atoms with Gasteiger partial charge in [-0.25, -0.2) is 0 Å². The summed E-state index contributed by atoms with van der Waals surface area (Å²) < 4.78 is 10.8. The number of methoxy groups -OCH3 is 2. The van der Waals surface area contributed by atoms with Crippen LogP contribution in [-0.4, -0.2) is 20.5 Å². The van der Waals surface area contributed by atoms with Gasteiger partial charge in [-0.1, -0.05) is 43.0 Å². The Bertz CT molecular complexity index is 675. The first-order chi connectivity index (χ1) is 10.6. The van der Waals surface area contributed by atoms with Gasteiger partial charge in [0.05, 0.1) is 14.2 Å². The highest BCUT2D eigenvalue weighted by Gasteiger charge is 2.20. The lowest BCUT2D eigenvalue weighted by atomic mass is 9.85. The summed E-state index contributed by atoms with van der Waals surface area (Å²) in [5.41, 5.74) is 3.44. The lowest BCUT2D eigenvalue weighted by molar-refractivity contribution is -0.105. The van der Waals surface area contributed by atoms with Crippen LogP contribution in [0.1, 0.15) is 22.6 Å². The van der Waals surface area contributed by atoms with Crippen molar-refractivity contribution in [1.29, 1.82) is 0 Å². The molecular weight excluding hydrogens is 276 g/mol. The average molecular weight is 296 g/mol. The molecular formula is C19H20O3. The van der Waals surface area contributed by atoms with Gasteiger partial charge in [0.25, 0.3) is 0 Å². The number of ether oxygens (including phenoxy) is 2. The van der Waals surface area contributed by atoms with Gasteiger partial charge in [0.2, 0.25) is 0 Å². The van der Waals surface area contributed by atoms with Gasteiger partial charge in [0.15, 0.2) is 11.5 Å². The number of rotatable bonds is 6. The standard InChI is InChI=1S/C19H20O3/c1-13-10-16(11-17(21-3)19(13)22-4)18(14(2)12-20)15-8-6-5-7-9-15/h5-12,18H,2H2,1,3-4H3/t18-/m1/s1. The zero-order valence-corrected chi connectivity index (χ0v) is 13.1. The minimum atomic E-state index is -0.197. The number of aryl methyl sites for hydroxylation is 1. The quantitative estimate of drug-likeness (QED) is 0.599. The molecule has 0 saturated carbocycles. The molecule has 114 valence electrons. The molecule has 0 radical (unpaired) electrons. The molecule has 0 spiro atoms. The largest absolute Gasteiger partial charge is 0.493 e. The monoisotopic (exact) mass is 296 g/mol. The summed E-state index contributed by atoms with van der Waals surface area (Å²) in [5.74, 6) is 1.16. The van der Waals surface area contributed by atoms with Gasteiger partial charge in [-0.3, -0.25) is 4.79 Å². The van der Waals surface area contributed by atoms with Crippen molar-refractivity contribution in [1.82, 2.24) is 0 Å². The van der Waals surface area contributed by atoms with Gasteiger partial charge in [0.1, 0.15) is 6.29 Å². The Morgan fingerprint density at radius 3 is 2.32 bits per heavy atom. The molecule has 2 aromatic rings. The van der Waals surface area contributed by atoms with Crippen LogP contribution in [0.25, 0.3) is 0 Å². The van der Waals surface area contributed by atoms with Crippen LogP contribution in [0.3, 0.4) is 0 Å². The van der Waals surface area contributed by atoms with Gasteiger partial charge in [-0.05, 0) is 35.3 Å². The molecule has 0 aromatic heterocycles. The fourth-order valence-electron chi connectivity index (χ4n) is 2.68. The summed E-state index contributed by atoms with van der Waals surface area (Å²) in [6.45, 7) is 5.87. The molecule has 3 heteroatoms. The number of benzene rings is 2. The first kappa shape index (κ1) is 15.8. The van der Waals surface area contributed by atoms with Crippen molar-refractivity contribution < 1.29 is 14.3 Å². The van der Waals surface area contributed by atoms with Crippen LogP contribution in [-0.2, 0) is 4.79 Å². The van der Waals surface area contributed by atoms with Gasteiger partial charge in [-0.2, -0.15) is 0 Å². The molecule has 0 bridgehead atoms. The van der Waals surface area contributed by atoms with Crippen LogP contribution in [0.5, 0.6) is 11.5 Å². The molecule has 0 N–H and O–H groups in total. The second-order valence-corrected chi connectivity index (χ2v) is 5.11. The molecule has 0 amide bonds. The Labute approximate surface area is 131 Å². The van der Waals surface area contributed by atoms with E-state index in [9.17, 15) is 4.79 Å². The van der Waals surface area contributed by atoms with Crippen molar-refractivity contribution in [2.45, 2.75) is 12.8 Å². The van der Waals surface area contributed by atoms with Gasteiger partial charge in [-0.15, -0.1) is 0 Å². The molecule has 0 saturated heterocycles. The maximum Gasteiger partial charge on any atom is 0.163 e. The third kappa shape index (κ3) is 3.03. The van der Waals surface area contributed by atoms with Gasteiger partial charge >= 0.3 is 0 Å². The first-order valence-corrected chi connectivity index (χ1v) is 7.03. The minimum absolute atomic E-state index is 0.197. The zero-order chi connectivity index (χ0) is 16.1. The van der Waals surface area contributed by atoms with Crippen molar-refractivity contribution in [3.63, 3.8) is 0 Å². The fraction of sp³-hybridized carbons (Fsp3) is 0.211. The first-order valence-electron chi connectivity index (χ1n) is 7.03. The summed E-state index contributed by atoms with van der Waals surface area (Å²) in [6.07, 6.45) is 0.809. The predicted octanol–water partition coefficient (Wildman–Crippen LogP) is 3.90. The predicted molar refractivity (Wildman–Crippen MR) is 87.8 cm³/mol. The second kappa shape index (κ2) is 6.94. The SMILES string of the molecule is C=C(C=O)[C@H](c1ccccc1)c1cc(C)c(OC)c(OC)c1. The molecule has 0 aliphatic carbocycles. The number of allylic oxidation sites excluding steroid dienone is 1. The Kier molecular flexibility index (Phi) is 4.99. The Hall–Kier alpha value is -2.55. The van der Waals surface area contributed by atoms with Crippen molar-refractivity contribution in [3.05, 3.63) is 71.3 Å². The molecule has 1 atom stereocenters.